The second-order valence-electron chi connectivity index (χ2n) is 8.03. The van der Waals surface area contributed by atoms with Gasteiger partial charge in [-0.1, -0.05) is 85.5 Å². The van der Waals surface area contributed by atoms with Gasteiger partial charge >= 0.3 is 0 Å². The standard InChI is InChI=1S/C20H42O2/c1-18(2)14-10-6-5-8-12-16-20(21,22)17-13-9-7-11-15-19(3)4/h18-19,21-22H,5-17H2,1-4H3. The zero-order valence-electron chi connectivity index (χ0n) is 15.7. The highest BCUT2D eigenvalue weighted by Gasteiger charge is 2.21. The Morgan fingerprint density at radius 2 is 0.864 bits per heavy atom. The SMILES string of the molecule is CC(C)CCCCCCCC(O)(O)CCCCCCC(C)C. The van der Waals surface area contributed by atoms with E-state index >= 15 is 0 Å². The average Bonchev–Trinajstić information content (AvgIpc) is 2.41. The van der Waals surface area contributed by atoms with E-state index in [1.54, 1.807) is 0 Å². The van der Waals surface area contributed by atoms with Gasteiger partial charge in [-0.15, -0.1) is 0 Å². The van der Waals surface area contributed by atoms with Crippen molar-refractivity contribution in [2.45, 2.75) is 117 Å². The first-order valence-corrected chi connectivity index (χ1v) is 9.78. The Balaban J connectivity index is 3.41. The molecule has 0 radical (unpaired) electrons. The van der Waals surface area contributed by atoms with Gasteiger partial charge in [-0.25, -0.2) is 0 Å². The minimum Gasteiger partial charge on any atom is -0.366 e. The quantitative estimate of drug-likeness (QED) is 0.285. The Morgan fingerprint density at radius 3 is 1.23 bits per heavy atom. The van der Waals surface area contributed by atoms with E-state index in [0.29, 0.717) is 12.8 Å². The van der Waals surface area contributed by atoms with Crippen molar-refractivity contribution in [2.75, 3.05) is 0 Å². The average molecular weight is 315 g/mol. The third-order valence-corrected chi connectivity index (χ3v) is 4.47. The van der Waals surface area contributed by atoms with Gasteiger partial charge in [0.2, 0.25) is 0 Å². The Bertz CT molecular complexity index is 234. The zero-order valence-corrected chi connectivity index (χ0v) is 15.7. The van der Waals surface area contributed by atoms with Crippen molar-refractivity contribution in [2.24, 2.45) is 11.8 Å². The third-order valence-electron chi connectivity index (χ3n) is 4.47. The number of rotatable bonds is 15. The van der Waals surface area contributed by atoms with Crippen molar-refractivity contribution >= 4 is 0 Å². The summed E-state index contributed by atoms with van der Waals surface area (Å²) in [4.78, 5) is 0. The molecule has 0 aliphatic carbocycles. The summed E-state index contributed by atoms with van der Waals surface area (Å²) in [6, 6.07) is 0. The van der Waals surface area contributed by atoms with Crippen LogP contribution in [0.2, 0.25) is 0 Å². The summed E-state index contributed by atoms with van der Waals surface area (Å²) in [5.74, 6) is 0.175. The molecule has 0 aliphatic heterocycles. The van der Waals surface area contributed by atoms with Crippen molar-refractivity contribution in [3.05, 3.63) is 0 Å². The van der Waals surface area contributed by atoms with E-state index in [0.717, 1.165) is 37.5 Å². The summed E-state index contributed by atoms with van der Waals surface area (Å²) >= 11 is 0. The Hall–Kier alpha value is -0.0800. The highest BCUT2D eigenvalue weighted by Crippen LogP contribution is 2.21. The first kappa shape index (κ1) is 21.9. The van der Waals surface area contributed by atoms with Crippen molar-refractivity contribution in [1.82, 2.24) is 0 Å². The molecule has 2 N–H and O–H groups in total. The molecular formula is C20H42O2. The van der Waals surface area contributed by atoms with E-state index in [1.165, 1.54) is 44.9 Å². The summed E-state index contributed by atoms with van der Waals surface area (Å²) in [6.45, 7) is 9.06. The molecule has 0 heterocycles. The fourth-order valence-electron chi connectivity index (χ4n) is 2.93. The van der Waals surface area contributed by atoms with Gasteiger partial charge in [-0.2, -0.15) is 0 Å². The van der Waals surface area contributed by atoms with Crippen molar-refractivity contribution in [3.8, 4) is 0 Å². The molecule has 0 fully saturated rings. The van der Waals surface area contributed by atoms with Gasteiger partial charge in [0.15, 0.2) is 5.79 Å². The molecule has 0 aromatic carbocycles. The Labute approximate surface area is 139 Å². The third kappa shape index (κ3) is 16.3. The van der Waals surface area contributed by atoms with Gasteiger partial charge in [-0.05, 0) is 24.7 Å². The topological polar surface area (TPSA) is 40.5 Å². The number of aliphatic hydroxyl groups is 2. The van der Waals surface area contributed by atoms with Crippen molar-refractivity contribution in [3.63, 3.8) is 0 Å². The van der Waals surface area contributed by atoms with Crippen LogP contribution in [0.15, 0.2) is 0 Å². The summed E-state index contributed by atoms with van der Waals surface area (Å²) in [7, 11) is 0. The maximum atomic E-state index is 9.99. The van der Waals surface area contributed by atoms with Gasteiger partial charge in [0, 0.05) is 12.8 Å². The molecule has 0 saturated heterocycles. The first-order chi connectivity index (χ1) is 10.3. The monoisotopic (exact) mass is 314 g/mol. The maximum absolute atomic E-state index is 9.99. The molecule has 0 aromatic rings. The molecule has 134 valence electrons. The molecule has 22 heavy (non-hydrogen) atoms. The van der Waals surface area contributed by atoms with Gasteiger partial charge in [-0.3, -0.25) is 0 Å². The molecule has 0 aromatic heterocycles. The Morgan fingerprint density at radius 1 is 0.545 bits per heavy atom. The van der Waals surface area contributed by atoms with Crippen molar-refractivity contribution in [1.29, 1.82) is 0 Å². The van der Waals surface area contributed by atoms with E-state index in [1.807, 2.05) is 0 Å². The first-order valence-electron chi connectivity index (χ1n) is 9.78. The van der Waals surface area contributed by atoms with Gasteiger partial charge in [0.05, 0.1) is 0 Å². The van der Waals surface area contributed by atoms with Gasteiger partial charge in [0.25, 0.3) is 0 Å². The van der Waals surface area contributed by atoms with Crippen LogP contribution in [-0.2, 0) is 0 Å². The molecule has 0 atom stereocenters. The van der Waals surface area contributed by atoms with Crippen LogP contribution in [0.1, 0.15) is 111 Å². The lowest BCUT2D eigenvalue weighted by Gasteiger charge is -2.21. The number of hydrogen-bond donors (Lipinski definition) is 2. The highest BCUT2D eigenvalue weighted by atomic mass is 16.5. The predicted molar refractivity (Wildman–Crippen MR) is 96.9 cm³/mol. The zero-order chi connectivity index (χ0) is 16.8. The van der Waals surface area contributed by atoms with E-state index in [-0.39, 0.29) is 0 Å². The molecule has 0 amide bonds. The summed E-state index contributed by atoms with van der Waals surface area (Å²) < 4.78 is 0. The van der Waals surface area contributed by atoms with Gasteiger partial charge in [0.1, 0.15) is 0 Å². The van der Waals surface area contributed by atoms with Crippen LogP contribution in [0.5, 0.6) is 0 Å². The summed E-state index contributed by atoms with van der Waals surface area (Å²) in [6.07, 6.45) is 14.2. The molecule has 0 unspecified atom stereocenters. The molecule has 0 rings (SSSR count). The molecule has 2 heteroatoms. The summed E-state index contributed by atoms with van der Waals surface area (Å²) in [5, 5.41) is 20.0. The van der Waals surface area contributed by atoms with Gasteiger partial charge < -0.3 is 10.2 Å². The van der Waals surface area contributed by atoms with Crippen LogP contribution >= 0.6 is 0 Å². The lowest BCUT2D eigenvalue weighted by atomic mass is 9.98. The fourth-order valence-corrected chi connectivity index (χ4v) is 2.93. The van der Waals surface area contributed by atoms with E-state index in [2.05, 4.69) is 27.7 Å². The molecule has 2 nitrogen and oxygen atoms in total. The number of hydrogen-bond acceptors (Lipinski definition) is 2. The van der Waals surface area contributed by atoms with E-state index in [9.17, 15) is 10.2 Å². The lowest BCUT2D eigenvalue weighted by molar-refractivity contribution is -0.172. The smallest absolute Gasteiger partial charge is 0.162 e. The summed E-state index contributed by atoms with van der Waals surface area (Å²) in [5.41, 5.74) is 0. The van der Waals surface area contributed by atoms with Crippen LogP contribution in [-0.4, -0.2) is 16.0 Å². The predicted octanol–water partition coefficient (Wildman–Crippen LogP) is 6.05. The number of unbranched alkanes of at least 4 members (excludes halogenated alkanes) is 7. The second-order valence-corrected chi connectivity index (χ2v) is 8.03. The van der Waals surface area contributed by atoms with Crippen molar-refractivity contribution < 1.29 is 10.2 Å². The Kier molecular flexibility index (Phi) is 13.3. The van der Waals surface area contributed by atoms with Crippen LogP contribution in [0, 0.1) is 11.8 Å². The van der Waals surface area contributed by atoms with E-state index < -0.39 is 5.79 Å². The molecule has 0 bridgehead atoms. The van der Waals surface area contributed by atoms with Crippen LogP contribution in [0.3, 0.4) is 0 Å². The molecule has 0 aliphatic rings. The molecular weight excluding hydrogens is 272 g/mol. The molecule has 0 saturated carbocycles. The van der Waals surface area contributed by atoms with Crippen LogP contribution < -0.4 is 0 Å². The van der Waals surface area contributed by atoms with Crippen LogP contribution in [0.4, 0.5) is 0 Å². The second kappa shape index (κ2) is 13.4. The minimum atomic E-state index is -1.42. The largest absolute Gasteiger partial charge is 0.366 e. The highest BCUT2D eigenvalue weighted by molar-refractivity contribution is 4.65. The van der Waals surface area contributed by atoms with E-state index in [4.69, 9.17) is 0 Å². The minimum absolute atomic E-state index is 0.544. The van der Waals surface area contributed by atoms with Crippen LogP contribution in [0.25, 0.3) is 0 Å². The molecule has 0 spiro atoms. The lowest BCUT2D eigenvalue weighted by Crippen LogP contribution is -2.27. The normalized spacial score (nSPS) is 12.5. The maximum Gasteiger partial charge on any atom is 0.162 e. The fraction of sp³-hybridized carbons (Fsp3) is 1.00.